The summed E-state index contributed by atoms with van der Waals surface area (Å²) in [7, 11) is 0. The van der Waals surface area contributed by atoms with E-state index in [1.807, 2.05) is 0 Å². The highest BCUT2D eigenvalue weighted by Crippen LogP contribution is 2.16. The Morgan fingerprint density at radius 2 is 2.29 bits per heavy atom. The molecule has 0 atom stereocenters. The summed E-state index contributed by atoms with van der Waals surface area (Å²) in [5.74, 6) is 0. The van der Waals surface area contributed by atoms with Gasteiger partial charge in [-0.25, -0.2) is 0 Å². The molecule has 2 nitrogen and oxygen atoms in total. The number of benzene rings is 1. The fourth-order valence-electron chi connectivity index (χ4n) is 1.19. The molecule has 0 unspecified atom stereocenters. The van der Waals surface area contributed by atoms with Crippen molar-refractivity contribution in [2.45, 2.75) is 19.9 Å². The van der Waals surface area contributed by atoms with E-state index in [0.717, 1.165) is 17.6 Å². The Bertz CT molecular complexity index is 342. The second-order valence-corrected chi connectivity index (χ2v) is 4.02. The van der Waals surface area contributed by atoms with Crippen molar-refractivity contribution in [3.05, 3.63) is 33.8 Å². The van der Waals surface area contributed by atoms with Crippen LogP contribution >= 0.6 is 15.9 Å². The molecule has 3 heteroatoms. The van der Waals surface area contributed by atoms with E-state index >= 15 is 0 Å². The van der Waals surface area contributed by atoms with E-state index in [2.05, 4.69) is 52.4 Å². The van der Waals surface area contributed by atoms with Gasteiger partial charge in [-0.2, -0.15) is 5.26 Å². The molecule has 1 rings (SSSR count). The standard InChI is InChI=1S/C11H13BrN2/c1-9-7-10(3-4-11(9)12)8-14-6-2-5-13/h3-4,7,14H,2,6,8H2,1H3. The number of rotatable bonds is 4. The van der Waals surface area contributed by atoms with Crippen molar-refractivity contribution >= 4 is 15.9 Å². The molecule has 0 aliphatic rings. The van der Waals surface area contributed by atoms with Crippen molar-refractivity contribution in [2.75, 3.05) is 6.54 Å². The smallest absolute Gasteiger partial charge is 0.0635 e. The maximum absolute atomic E-state index is 8.35. The number of hydrogen-bond acceptors (Lipinski definition) is 2. The highest BCUT2D eigenvalue weighted by Gasteiger charge is 1.96. The fourth-order valence-corrected chi connectivity index (χ4v) is 1.44. The van der Waals surface area contributed by atoms with E-state index in [-0.39, 0.29) is 0 Å². The second kappa shape index (κ2) is 5.79. The number of nitrogens with one attached hydrogen (secondary N) is 1. The van der Waals surface area contributed by atoms with Gasteiger partial charge in [0, 0.05) is 24.0 Å². The lowest BCUT2D eigenvalue weighted by atomic mass is 10.1. The minimum absolute atomic E-state index is 0.565. The molecule has 1 aromatic carbocycles. The molecule has 14 heavy (non-hydrogen) atoms. The van der Waals surface area contributed by atoms with Crippen molar-refractivity contribution in [1.82, 2.24) is 5.32 Å². The van der Waals surface area contributed by atoms with E-state index in [0.29, 0.717) is 6.42 Å². The Hall–Kier alpha value is -0.850. The molecule has 0 aromatic heterocycles. The quantitative estimate of drug-likeness (QED) is 0.837. The first-order valence-electron chi connectivity index (χ1n) is 4.56. The third kappa shape index (κ3) is 3.49. The molecular weight excluding hydrogens is 240 g/mol. The molecule has 0 spiro atoms. The van der Waals surface area contributed by atoms with Crippen LogP contribution in [0.2, 0.25) is 0 Å². The van der Waals surface area contributed by atoms with Crippen LogP contribution in [0.3, 0.4) is 0 Å². The number of hydrogen-bond donors (Lipinski definition) is 1. The highest BCUT2D eigenvalue weighted by atomic mass is 79.9. The van der Waals surface area contributed by atoms with E-state index < -0.39 is 0 Å². The number of nitrogens with zero attached hydrogens (tertiary/aromatic N) is 1. The van der Waals surface area contributed by atoms with Gasteiger partial charge in [0.1, 0.15) is 0 Å². The number of aryl methyl sites for hydroxylation is 1. The normalized spacial score (nSPS) is 9.79. The van der Waals surface area contributed by atoms with Gasteiger partial charge in [-0.3, -0.25) is 0 Å². The summed E-state index contributed by atoms with van der Waals surface area (Å²) in [5.41, 5.74) is 2.49. The Morgan fingerprint density at radius 1 is 1.50 bits per heavy atom. The van der Waals surface area contributed by atoms with Gasteiger partial charge >= 0.3 is 0 Å². The summed E-state index contributed by atoms with van der Waals surface area (Å²) in [6.07, 6.45) is 0.565. The van der Waals surface area contributed by atoms with Gasteiger partial charge in [0.05, 0.1) is 6.07 Å². The zero-order chi connectivity index (χ0) is 10.4. The topological polar surface area (TPSA) is 35.8 Å². The third-order valence-electron chi connectivity index (χ3n) is 1.97. The van der Waals surface area contributed by atoms with Gasteiger partial charge in [0.15, 0.2) is 0 Å². The molecule has 0 saturated heterocycles. The first-order chi connectivity index (χ1) is 6.74. The lowest BCUT2D eigenvalue weighted by molar-refractivity contribution is 0.698. The summed E-state index contributed by atoms with van der Waals surface area (Å²) >= 11 is 3.46. The van der Waals surface area contributed by atoms with Crippen molar-refractivity contribution in [3.63, 3.8) is 0 Å². The van der Waals surface area contributed by atoms with Gasteiger partial charge in [-0.15, -0.1) is 0 Å². The lowest BCUT2D eigenvalue weighted by Gasteiger charge is -2.04. The van der Waals surface area contributed by atoms with Crippen LogP contribution < -0.4 is 5.32 Å². The molecule has 74 valence electrons. The molecular formula is C11H13BrN2. The minimum Gasteiger partial charge on any atom is -0.312 e. The van der Waals surface area contributed by atoms with Gasteiger partial charge in [-0.1, -0.05) is 28.1 Å². The second-order valence-electron chi connectivity index (χ2n) is 3.17. The molecule has 0 fully saturated rings. The monoisotopic (exact) mass is 252 g/mol. The fraction of sp³-hybridized carbons (Fsp3) is 0.364. The first kappa shape index (κ1) is 11.2. The minimum atomic E-state index is 0.565. The average Bonchev–Trinajstić information content (AvgIpc) is 2.18. The average molecular weight is 253 g/mol. The summed E-state index contributed by atoms with van der Waals surface area (Å²) in [5, 5.41) is 11.6. The Balaban J connectivity index is 2.44. The van der Waals surface area contributed by atoms with Crippen LogP contribution in [0.5, 0.6) is 0 Å². The van der Waals surface area contributed by atoms with Crippen molar-refractivity contribution in [2.24, 2.45) is 0 Å². The Kier molecular flexibility index (Phi) is 4.64. The van der Waals surface area contributed by atoms with Crippen LogP contribution in [0.25, 0.3) is 0 Å². The van der Waals surface area contributed by atoms with Crippen LogP contribution in [0.15, 0.2) is 22.7 Å². The summed E-state index contributed by atoms with van der Waals surface area (Å²) < 4.78 is 1.14. The van der Waals surface area contributed by atoms with Gasteiger partial charge in [-0.05, 0) is 24.1 Å². The third-order valence-corrected chi connectivity index (χ3v) is 2.85. The van der Waals surface area contributed by atoms with Gasteiger partial charge in [0.2, 0.25) is 0 Å². The lowest BCUT2D eigenvalue weighted by Crippen LogP contribution is -2.14. The van der Waals surface area contributed by atoms with Crippen LogP contribution in [-0.4, -0.2) is 6.54 Å². The molecule has 1 aromatic rings. The SMILES string of the molecule is Cc1cc(CNCCC#N)ccc1Br. The summed E-state index contributed by atoms with van der Waals surface area (Å²) in [6, 6.07) is 8.38. The predicted molar refractivity (Wildman–Crippen MR) is 60.8 cm³/mol. The molecule has 0 aliphatic heterocycles. The largest absolute Gasteiger partial charge is 0.312 e. The van der Waals surface area contributed by atoms with Crippen molar-refractivity contribution in [3.8, 4) is 6.07 Å². The van der Waals surface area contributed by atoms with Gasteiger partial charge in [0.25, 0.3) is 0 Å². The molecule has 1 N–H and O–H groups in total. The van der Waals surface area contributed by atoms with Crippen LogP contribution in [0.4, 0.5) is 0 Å². The Labute approximate surface area is 93.1 Å². The van der Waals surface area contributed by atoms with E-state index in [9.17, 15) is 0 Å². The molecule has 0 amide bonds. The molecule has 0 aliphatic carbocycles. The maximum Gasteiger partial charge on any atom is 0.0635 e. The number of halogens is 1. The van der Waals surface area contributed by atoms with Crippen molar-refractivity contribution in [1.29, 1.82) is 5.26 Å². The molecule has 0 saturated carbocycles. The van der Waals surface area contributed by atoms with E-state index in [1.54, 1.807) is 0 Å². The Morgan fingerprint density at radius 3 is 2.93 bits per heavy atom. The zero-order valence-corrected chi connectivity index (χ0v) is 9.76. The van der Waals surface area contributed by atoms with Crippen LogP contribution in [-0.2, 0) is 6.54 Å². The highest BCUT2D eigenvalue weighted by molar-refractivity contribution is 9.10. The summed E-state index contributed by atoms with van der Waals surface area (Å²) in [4.78, 5) is 0. The van der Waals surface area contributed by atoms with E-state index in [4.69, 9.17) is 5.26 Å². The first-order valence-corrected chi connectivity index (χ1v) is 5.36. The maximum atomic E-state index is 8.35. The molecule has 0 bridgehead atoms. The van der Waals surface area contributed by atoms with Crippen LogP contribution in [0.1, 0.15) is 17.5 Å². The number of nitriles is 1. The van der Waals surface area contributed by atoms with E-state index in [1.165, 1.54) is 11.1 Å². The van der Waals surface area contributed by atoms with Gasteiger partial charge < -0.3 is 5.32 Å². The summed E-state index contributed by atoms with van der Waals surface area (Å²) in [6.45, 7) is 3.66. The molecule has 0 radical (unpaired) electrons. The zero-order valence-electron chi connectivity index (χ0n) is 8.18. The predicted octanol–water partition coefficient (Wildman–Crippen LogP) is 2.76. The van der Waals surface area contributed by atoms with Crippen molar-refractivity contribution < 1.29 is 0 Å². The van der Waals surface area contributed by atoms with Crippen LogP contribution in [0, 0.1) is 18.3 Å². The molecule has 0 heterocycles.